The van der Waals surface area contributed by atoms with Gasteiger partial charge in [-0.3, -0.25) is 14.6 Å². The highest BCUT2D eigenvalue weighted by atomic mass is 16.5. The van der Waals surface area contributed by atoms with Crippen molar-refractivity contribution >= 4 is 11.8 Å². The number of pyridine rings is 1. The maximum atomic E-state index is 12.5. The molecule has 32 heavy (non-hydrogen) atoms. The van der Waals surface area contributed by atoms with Crippen molar-refractivity contribution in [2.45, 2.75) is 83.0 Å². The molecule has 0 radical (unpaired) electrons. The van der Waals surface area contributed by atoms with E-state index in [0.717, 1.165) is 37.9 Å². The number of hydrogen-bond donors (Lipinski definition) is 0. The van der Waals surface area contributed by atoms with Gasteiger partial charge in [-0.1, -0.05) is 25.0 Å². The Morgan fingerprint density at radius 1 is 1.06 bits per heavy atom. The molecular formula is C28H33NO3. The van der Waals surface area contributed by atoms with Gasteiger partial charge in [-0.15, -0.1) is 0 Å². The average Bonchev–Trinajstić information content (AvgIpc) is 2.79. The van der Waals surface area contributed by atoms with Crippen molar-refractivity contribution in [1.29, 1.82) is 0 Å². The minimum Gasteiger partial charge on any atom is -0.426 e. The van der Waals surface area contributed by atoms with E-state index >= 15 is 0 Å². The molecule has 1 aromatic carbocycles. The zero-order chi connectivity index (χ0) is 22.1. The third kappa shape index (κ3) is 4.24. The van der Waals surface area contributed by atoms with Crippen molar-refractivity contribution in [2.75, 3.05) is 0 Å². The number of carbonyl (C=O) groups excluding carboxylic acids is 2. The maximum absolute atomic E-state index is 12.5. The summed E-state index contributed by atoms with van der Waals surface area (Å²) in [5, 5.41) is 0. The van der Waals surface area contributed by atoms with Crippen LogP contribution in [-0.2, 0) is 22.4 Å². The molecule has 2 fully saturated rings. The number of Topliss-reactive ketones (excluding diaryl/α,β-unsaturated/α-hetero) is 1. The molecular weight excluding hydrogens is 398 g/mol. The summed E-state index contributed by atoms with van der Waals surface area (Å²) in [4.78, 5) is 28.7. The van der Waals surface area contributed by atoms with Crippen LogP contribution in [0.2, 0.25) is 0 Å². The second-order valence-electron chi connectivity index (χ2n) is 10.0. The molecule has 4 heteroatoms. The lowest BCUT2D eigenvalue weighted by Gasteiger charge is -2.49. The van der Waals surface area contributed by atoms with Crippen molar-refractivity contribution in [3.63, 3.8) is 0 Å². The lowest BCUT2D eigenvalue weighted by atomic mass is 9.55. The predicted molar refractivity (Wildman–Crippen MR) is 124 cm³/mol. The second kappa shape index (κ2) is 9.17. The maximum Gasteiger partial charge on any atom is 0.308 e. The third-order valence-electron chi connectivity index (χ3n) is 8.00. The Morgan fingerprint density at radius 3 is 2.69 bits per heavy atom. The molecule has 2 aromatic rings. The fraction of sp³-hybridized carbons (Fsp3) is 0.536. The van der Waals surface area contributed by atoms with Gasteiger partial charge in [-0.05, 0) is 91.0 Å². The summed E-state index contributed by atoms with van der Waals surface area (Å²) in [6, 6.07) is 8.59. The summed E-state index contributed by atoms with van der Waals surface area (Å²) in [6.45, 7) is 1.48. The van der Waals surface area contributed by atoms with E-state index in [1.54, 1.807) is 0 Å². The third-order valence-corrected chi connectivity index (χ3v) is 8.00. The van der Waals surface area contributed by atoms with Crippen LogP contribution in [-0.4, -0.2) is 16.7 Å². The summed E-state index contributed by atoms with van der Waals surface area (Å²) < 4.78 is 5.82. The van der Waals surface area contributed by atoms with Gasteiger partial charge in [-0.25, -0.2) is 0 Å². The molecule has 3 aliphatic carbocycles. The monoisotopic (exact) mass is 431 g/mol. The summed E-state index contributed by atoms with van der Waals surface area (Å²) in [5.74, 6) is 2.79. The number of ketones is 1. The number of aryl methyl sites for hydroxylation is 2. The van der Waals surface area contributed by atoms with Gasteiger partial charge in [0, 0.05) is 37.7 Å². The largest absolute Gasteiger partial charge is 0.426 e. The number of fused-ring (bicyclic) bond motifs is 6. The first kappa shape index (κ1) is 21.4. The van der Waals surface area contributed by atoms with Gasteiger partial charge in [0.25, 0.3) is 0 Å². The molecule has 1 heterocycles. The van der Waals surface area contributed by atoms with Crippen LogP contribution >= 0.6 is 0 Å². The smallest absolute Gasteiger partial charge is 0.308 e. The topological polar surface area (TPSA) is 56.3 Å². The Balaban J connectivity index is 1.50. The van der Waals surface area contributed by atoms with E-state index in [4.69, 9.17) is 4.74 Å². The molecule has 1 aromatic heterocycles. The van der Waals surface area contributed by atoms with Gasteiger partial charge < -0.3 is 4.74 Å². The summed E-state index contributed by atoms with van der Waals surface area (Å²) in [6.07, 6.45) is 14.1. The highest BCUT2D eigenvalue weighted by Crippen LogP contribution is 2.58. The normalized spacial score (nSPS) is 26.6. The van der Waals surface area contributed by atoms with Crippen LogP contribution in [0.4, 0.5) is 0 Å². The van der Waals surface area contributed by atoms with Gasteiger partial charge >= 0.3 is 5.97 Å². The van der Waals surface area contributed by atoms with Crippen LogP contribution in [0.1, 0.15) is 92.4 Å². The molecule has 168 valence electrons. The van der Waals surface area contributed by atoms with Crippen LogP contribution in [0.5, 0.6) is 5.75 Å². The lowest BCUT2D eigenvalue weighted by Crippen LogP contribution is -2.39. The van der Waals surface area contributed by atoms with Crippen LogP contribution in [0.15, 0.2) is 36.7 Å². The number of ether oxygens (including phenoxy) is 1. The highest BCUT2D eigenvalue weighted by molar-refractivity contribution is 5.81. The van der Waals surface area contributed by atoms with E-state index in [2.05, 4.69) is 23.2 Å². The molecule has 0 aliphatic heterocycles. The molecule has 2 saturated carbocycles. The summed E-state index contributed by atoms with van der Waals surface area (Å²) in [7, 11) is 0. The van der Waals surface area contributed by atoms with Crippen LogP contribution in [0.3, 0.4) is 0 Å². The molecule has 4 unspecified atom stereocenters. The number of esters is 1. The van der Waals surface area contributed by atoms with Gasteiger partial charge in [0.1, 0.15) is 11.5 Å². The van der Waals surface area contributed by atoms with E-state index in [1.807, 2.05) is 18.5 Å². The van der Waals surface area contributed by atoms with Gasteiger partial charge in [-0.2, -0.15) is 0 Å². The fourth-order valence-corrected chi connectivity index (χ4v) is 6.75. The summed E-state index contributed by atoms with van der Waals surface area (Å²) >= 11 is 0. The fourth-order valence-electron chi connectivity index (χ4n) is 6.75. The Labute approximate surface area is 190 Å². The summed E-state index contributed by atoms with van der Waals surface area (Å²) in [5.41, 5.74) is 5.05. The zero-order valence-electron chi connectivity index (χ0n) is 19.0. The van der Waals surface area contributed by atoms with Crippen molar-refractivity contribution in [1.82, 2.24) is 4.98 Å². The quantitative estimate of drug-likeness (QED) is 0.435. The van der Waals surface area contributed by atoms with E-state index < -0.39 is 0 Å². The van der Waals surface area contributed by atoms with Crippen molar-refractivity contribution < 1.29 is 14.3 Å². The van der Waals surface area contributed by atoms with Crippen molar-refractivity contribution in [3.8, 4) is 5.75 Å². The molecule has 4 atom stereocenters. The number of rotatable bonds is 5. The Hall–Kier alpha value is -2.49. The minimum atomic E-state index is -0.274. The molecule has 3 aliphatic rings. The number of benzene rings is 1. The van der Waals surface area contributed by atoms with Crippen LogP contribution < -0.4 is 4.74 Å². The van der Waals surface area contributed by atoms with E-state index in [1.165, 1.54) is 54.9 Å². The van der Waals surface area contributed by atoms with E-state index in [0.29, 0.717) is 30.0 Å². The standard InChI is InChI=1S/C28H33NO3/c1-18(30)32-27-15-20(7-4-6-19-8-5-13-29-17-19)14-25-23-10-3-2-9-22(23)24-12-11-21(31)16-26(24)28(25)27/h5,8,13-15,17,22-24,26H,2-4,6-7,9-12,16H2,1H3. The molecule has 0 amide bonds. The van der Waals surface area contributed by atoms with E-state index in [-0.39, 0.29) is 11.9 Å². The molecule has 0 bridgehead atoms. The van der Waals surface area contributed by atoms with Gasteiger partial charge in [0.05, 0.1) is 0 Å². The molecule has 0 N–H and O–H groups in total. The molecule has 0 spiro atoms. The predicted octanol–water partition coefficient (Wildman–Crippen LogP) is 5.92. The van der Waals surface area contributed by atoms with Crippen molar-refractivity contribution in [2.24, 2.45) is 11.8 Å². The van der Waals surface area contributed by atoms with Gasteiger partial charge in [0.2, 0.25) is 0 Å². The van der Waals surface area contributed by atoms with Crippen LogP contribution in [0, 0.1) is 11.8 Å². The second-order valence-corrected chi connectivity index (χ2v) is 10.0. The van der Waals surface area contributed by atoms with Gasteiger partial charge in [0.15, 0.2) is 0 Å². The first-order valence-electron chi connectivity index (χ1n) is 12.4. The molecule has 4 nitrogen and oxygen atoms in total. The Morgan fingerprint density at radius 2 is 1.88 bits per heavy atom. The molecule has 0 saturated heterocycles. The molecule has 5 rings (SSSR count). The number of hydrogen-bond acceptors (Lipinski definition) is 4. The highest BCUT2D eigenvalue weighted by Gasteiger charge is 2.47. The van der Waals surface area contributed by atoms with Crippen LogP contribution in [0.25, 0.3) is 0 Å². The Kier molecular flexibility index (Phi) is 6.12. The zero-order valence-corrected chi connectivity index (χ0v) is 19.0. The average molecular weight is 432 g/mol. The lowest BCUT2D eigenvalue weighted by molar-refractivity contribution is -0.132. The van der Waals surface area contributed by atoms with E-state index in [9.17, 15) is 9.59 Å². The minimum absolute atomic E-state index is 0.212. The van der Waals surface area contributed by atoms with Crippen molar-refractivity contribution in [3.05, 3.63) is 58.9 Å². The first-order chi connectivity index (χ1) is 15.6. The number of aromatic nitrogens is 1. The number of nitrogens with zero attached hydrogens (tertiary/aromatic N) is 1. The Bertz CT molecular complexity index is 999. The SMILES string of the molecule is CC(=O)Oc1cc(CCCc2cccnc2)cc2c1C1CC(=O)CCC1C1CCCCC21. The first-order valence-corrected chi connectivity index (χ1v) is 12.4. The number of carbonyl (C=O) groups is 2.